The van der Waals surface area contributed by atoms with Gasteiger partial charge in [0.25, 0.3) is 20.0 Å². The van der Waals surface area contributed by atoms with E-state index in [1.165, 1.54) is 12.1 Å². The number of halogens is 1. The summed E-state index contributed by atoms with van der Waals surface area (Å²) in [5, 5.41) is 11.8. The van der Waals surface area contributed by atoms with Crippen molar-refractivity contribution >= 4 is 36.5 Å². The second-order valence-corrected chi connectivity index (χ2v) is 12.6. The van der Waals surface area contributed by atoms with Gasteiger partial charge in [0.15, 0.2) is 11.4 Å². The number of rotatable bonds is 8. The highest BCUT2D eigenvalue weighted by molar-refractivity contribution is 7.93. The van der Waals surface area contributed by atoms with Crippen LogP contribution >= 0.6 is 11.3 Å². The van der Waals surface area contributed by atoms with Crippen molar-refractivity contribution in [3.8, 4) is 16.8 Å². The molecule has 2 heterocycles. The molecule has 39 heavy (non-hydrogen) atoms. The Hall–Kier alpha value is -3.02. The Balaban J connectivity index is 0.000000983. The van der Waals surface area contributed by atoms with E-state index in [0.717, 1.165) is 41.0 Å². The van der Waals surface area contributed by atoms with E-state index in [0.29, 0.717) is 11.3 Å². The molecule has 208 valence electrons. The van der Waals surface area contributed by atoms with E-state index in [9.17, 15) is 16.8 Å². The van der Waals surface area contributed by atoms with Crippen LogP contribution in [0.1, 0.15) is 25.2 Å². The van der Waals surface area contributed by atoms with Crippen LogP contribution < -0.4 is 28.4 Å². The fraction of sp³-hybridized carbons (Fsp3) is 0.174. The van der Waals surface area contributed by atoms with E-state index in [1.54, 1.807) is 12.1 Å². The Morgan fingerprint density at radius 1 is 0.872 bits per heavy atom. The van der Waals surface area contributed by atoms with Crippen LogP contribution in [0.3, 0.4) is 0 Å². The number of sulfonamides is 2. The second-order valence-electron chi connectivity index (χ2n) is 7.84. The predicted octanol–water partition coefficient (Wildman–Crippen LogP) is -0.512. The smallest absolute Gasteiger partial charge is 0.267 e. The molecule has 0 bridgehead atoms. The van der Waals surface area contributed by atoms with Gasteiger partial charge in [-0.3, -0.25) is 4.72 Å². The average molecular weight is 614 g/mol. The molecule has 0 amide bonds. The number of nitrogens with two attached hydrogens (primary N) is 1. The lowest BCUT2D eigenvalue weighted by molar-refractivity contribution is -1.73. The number of hydrogen-bond acceptors (Lipinski definition) is 10. The Morgan fingerprint density at radius 3 is 1.87 bits per heavy atom. The number of aromatic nitrogens is 3. The maximum absolute atomic E-state index is 12.8. The molecule has 0 saturated carbocycles. The number of nitrogens with zero attached hydrogens (tertiary/aromatic N) is 3. The second kappa shape index (κ2) is 12.9. The molecule has 0 atom stereocenters. The van der Waals surface area contributed by atoms with Crippen LogP contribution in [-0.2, 0) is 32.9 Å². The highest BCUT2D eigenvalue weighted by Crippen LogP contribution is 2.24. The molecule has 16 heteroatoms. The van der Waals surface area contributed by atoms with Gasteiger partial charge in [-0.05, 0) is 23.3 Å². The summed E-state index contributed by atoms with van der Waals surface area (Å²) in [7, 11) is -10.9. The zero-order chi connectivity index (χ0) is 28.8. The molecule has 2 aromatic carbocycles. The summed E-state index contributed by atoms with van der Waals surface area (Å²) >= 11 is 0.541. The average Bonchev–Trinajstić information content (AvgIpc) is 3.36. The summed E-state index contributed by atoms with van der Waals surface area (Å²) in [5.74, 6) is 0. The van der Waals surface area contributed by atoms with Crippen molar-refractivity contribution in [2.45, 2.75) is 35.9 Å². The van der Waals surface area contributed by atoms with Crippen molar-refractivity contribution in [2.24, 2.45) is 5.14 Å². The molecular weight excluding hydrogens is 590 g/mol. The number of pyridine rings is 1. The lowest BCUT2D eigenvalue weighted by atomic mass is 10.0. The number of anilines is 1. The number of hydrogen-bond donors (Lipinski definition) is 2. The minimum atomic E-state index is -4.07. The molecule has 3 N–H and O–H groups in total. The van der Waals surface area contributed by atoms with Crippen molar-refractivity contribution in [2.75, 3.05) is 4.72 Å². The van der Waals surface area contributed by atoms with Crippen LogP contribution in [-0.4, -0.2) is 27.0 Å². The highest BCUT2D eigenvalue weighted by atomic mass is 35.6. The van der Waals surface area contributed by atoms with Crippen molar-refractivity contribution < 1.29 is 46.2 Å². The van der Waals surface area contributed by atoms with Crippen LogP contribution in [0.25, 0.3) is 16.8 Å². The molecule has 0 radical (unpaired) electrons. The van der Waals surface area contributed by atoms with Gasteiger partial charge in [-0.1, -0.05) is 55.5 Å². The number of aryl methyl sites for hydroxylation is 2. The van der Waals surface area contributed by atoms with Gasteiger partial charge < -0.3 is 14.0 Å². The highest BCUT2D eigenvalue weighted by Gasteiger charge is 2.23. The van der Waals surface area contributed by atoms with Gasteiger partial charge in [-0.15, -0.1) is 10.2 Å². The molecule has 0 aliphatic rings. The SMILES string of the molecule is CCc1cc(-c2ccccc2)cc(CC)[n+]1-c1ccc(S(=O)(=O)Nc2nnc(S(N)(=O)=O)s2)cc1.[O-][Cl+2]([O-])[O-]. The van der Waals surface area contributed by atoms with E-state index >= 15 is 0 Å². The molecule has 12 nitrogen and oxygen atoms in total. The quantitative estimate of drug-likeness (QED) is 0.245. The Morgan fingerprint density at radius 2 is 1.41 bits per heavy atom. The van der Waals surface area contributed by atoms with Gasteiger partial charge in [0, 0.05) is 37.1 Å². The Bertz CT molecular complexity index is 1600. The van der Waals surface area contributed by atoms with Gasteiger partial charge in [-0.25, -0.2) is 22.0 Å². The van der Waals surface area contributed by atoms with E-state index < -0.39 is 35.2 Å². The minimum absolute atomic E-state index is 0.00575. The van der Waals surface area contributed by atoms with Gasteiger partial charge in [0.1, 0.15) is 0 Å². The van der Waals surface area contributed by atoms with E-state index in [-0.39, 0.29) is 10.0 Å². The molecule has 0 aliphatic carbocycles. The van der Waals surface area contributed by atoms with Crippen molar-refractivity contribution in [3.63, 3.8) is 0 Å². The van der Waals surface area contributed by atoms with E-state index in [4.69, 9.17) is 19.1 Å². The van der Waals surface area contributed by atoms with Crippen molar-refractivity contribution in [1.82, 2.24) is 10.2 Å². The van der Waals surface area contributed by atoms with Crippen LogP contribution in [0.4, 0.5) is 5.13 Å². The number of primary sulfonamides is 1. The largest absolute Gasteiger partial charge is 0.357 e. The first-order chi connectivity index (χ1) is 18.4. The summed E-state index contributed by atoms with van der Waals surface area (Å²) in [4.78, 5) is 0.00575. The van der Waals surface area contributed by atoms with Gasteiger partial charge >= 0.3 is 0 Å². The first-order valence-corrected chi connectivity index (χ1v) is 16.0. The third-order valence-corrected chi connectivity index (χ3v) is 8.96. The van der Waals surface area contributed by atoms with Crippen molar-refractivity contribution in [3.05, 3.63) is 78.1 Å². The molecule has 4 aromatic rings. The topological polar surface area (TPSA) is 205 Å². The van der Waals surface area contributed by atoms with E-state index in [2.05, 4.69) is 57.6 Å². The fourth-order valence-electron chi connectivity index (χ4n) is 3.68. The lowest BCUT2D eigenvalue weighted by Gasteiger charge is -2.11. The summed E-state index contributed by atoms with van der Waals surface area (Å²) in [5.41, 5.74) is 5.31. The third kappa shape index (κ3) is 8.00. The molecular formula is C23H24ClN5O7S3. The normalized spacial score (nSPS) is 11.7. The zero-order valence-electron chi connectivity index (χ0n) is 20.6. The van der Waals surface area contributed by atoms with Crippen LogP contribution in [0, 0.1) is 10.8 Å². The molecule has 4 rings (SSSR count). The first-order valence-electron chi connectivity index (χ1n) is 11.2. The van der Waals surface area contributed by atoms with Crippen LogP contribution in [0.2, 0.25) is 0 Å². The summed E-state index contributed by atoms with van der Waals surface area (Å²) in [6.45, 7) is 4.17. The van der Waals surface area contributed by atoms with Crippen LogP contribution in [0.5, 0.6) is 0 Å². The molecule has 0 saturated heterocycles. The Labute approximate surface area is 232 Å². The molecule has 2 aromatic heterocycles. The standard InChI is InChI=1S/C23H24N5O4S3.ClO3/c1-3-18-14-17(16-8-6-5-7-9-16)15-19(4-2)28(18)20-10-12-21(13-11-20)35(31,32)27-22-25-26-23(33-22)34(24,29)30;2-1(3)4/h5-15H,3-4H2,1-2H3,(H,25,27)(H2,24,29,30);/q+1;-1. The fourth-order valence-corrected chi connectivity index (χ4v) is 6.24. The molecule has 0 aliphatic heterocycles. The summed E-state index contributed by atoms with van der Waals surface area (Å²) in [6.07, 6.45) is 1.58. The van der Waals surface area contributed by atoms with Crippen molar-refractivity contribution in [1.29, 1.82) is 0 Å². The third-order valence-electron chi connectivity index (χ3n) is 5.33. The monoisotopic (exact) mass is 613 g/mol. The summed E-state index contributed by atoms with van der Waals surface area (Å²) < 4.78 is 77.5. The first kappa shape index (κ1) is 30.5. The Kier molecular flexibility index (Phi) is 10.1. The van der Waals surface area contributed by atoms with Gasteiger partial charge in [0.05, 0.1) is 15.7 Å². The number of benzene rings is 2. The van der Waals surface area contributed by atoms with Crippen LogP contribution in [0.15, 0.2) is 76.0 Å². The van der Waals surface area contributed by atoms with Gasteiger partial charge in [-0.2, -0.15) is 4.57 Å². The maximum atomic E-state index is 12.8. The summed E-state index contributed by atoms with van der Waals surface area (Å²) in [6, 6.07) is 20.9. The molecule has 0 spiro atoms. The lowest BCUT2D eigenvalue weighted by Crippen LogP contribution is -2.42. The minimum Gasteiger partial charge on any atom is -0.357 e. The maximum Gasteiger partial charge on any atom is 0.267 e. The molecule has 0 fully saturated rings. The van der Waals surface area contributed by atoms with Gasteiger partial charge in [0.2, 0.25) is 15.2 Å². The zero-order valence-corrected chi connectivity index (χ0v) is 23.8. The van der Waals surface area contributed by atoms with E-state index in [1.807, 2.05) is 18.2 Å². The predicted molar refractivity (Wildman–Crippen MR) is 134 cm³/mol. The number of nitrogens with one attached hydrogen (secondary N) is 1. The molecule has 0 unspecified atom stereocenters.